The highest BCUT2D eigenvalue weighted by Crippen LogP contribution is 2.28. The maximum atomic E-state index is 5.60. The maximum absolute atomic E-state index is 5.60. The van der Waals surface area contributed by atoms with E-state index in [4.69, 9.17) is 10.2 Å². The van der Waals surface area contributed by atoms with Gasteiger partial charge in [-0.1, -0.05) is 24.9 Å². The Kier molecular flexibility index (Phi) is 3.99. The molecule has 1 saturated carbocycles. The maximum Gasteiger partial charge on any atom is 0.318 e. The SMILES string of the molecule is CC1CCCC(N(C)c2nnc(CCN)o2)C1. The van der Waals surface area contributed by atoms with E-state index >= 15 is 0 Å². The lowest BCUT2D eigenvalue weighted by molar-refractivity contribution is 0.326. The van der Waals surface area contributed by atoms with Crippen LogP contribution in [0.4, 0.5) is 6.01 Å². The van der Waals surface area contributed by atoms with Gasteiger partial charge in [0, 0.05) is 26.1 Å². The molecule has 2 N–H and O–H groups in total. The molecule has 1 aliphatic carbocycles. The second-order valence-electron chi connectivity index (χ2n) is 5.05. The van der Waals surface area contributed by atoms with Crippen molar-refractivity contribution in [2.75, 3.05) is 18.5 Å². The van der Waals surface area contributed by atoms with Crippen LogP contribution in [0.2, 0.25) is 0 Å². The molecule has 1 aromatic heterocycles. The molecule has 1 heterocycles. The van der Waals surface area contributed by atoms with Crippen molar-refractivity contribution < 1.29 is 4.42 Å². The van der Waals surface area contributed by atoms with Crippen LogP contribution in [0, 0.1) is 5.92 Å². The van der Waals surface area contributed by atoms with Gasteiger partial charge in [-0.15, -0.1) is 5.10 Å². The van der Waals surface area contributed by atoms with Crippen molar-refractivity contribution in [1.29, 1.82) is 0 Å². The van der Waals surface area contributed by atoms with Gasteiger partial charge in [0.25, 0.3) is 0 Å². The highest BCUT2D eigenvalue weighted by atomic mass is 16.4. The van der Waals surface area contributed by atoms with Crippen molar-refractivity contribution in [2.45, 2.75) is 45.1 Å². The van der Waals surface area contributed by atoms with E-state index < -0.39 is 0 Å². The lowest BCUT2D eigenvalue weighted by Gasteiger charge is -2.32. The number of nitrogens with two attached hydrogens (primary N) is 1. The normalized spacial score (nSPS) is 24.9. The topological polar surface area (TPSA) is 68.2 Å². The third-order valence-electron chi connectivity index (χ3n) is 3.57. The molecule has 0 amide bonds. The van der Waals surface area contributed by atoms with E-state index in [9.17, 15) is 0 Å². The van der Waals surface area contributed by atoms with E-state index in [0.29, 0.717) is 30.9 Å². The number of aromatic nitrogens is 2. The molecule has 0 aromatic carbocycles. The van der Waals surface area contributed by atoms with Crippen LogP contribution < -0.4 is 10.6 Å². The molecule has 1 fully saturated rings. The summed E-state index contributed by atoms with van der Waals surface area (Å²) < 4.78 is 5.60. The van der Waals surface area contributed by atoms with Gasteiger partial charge < -0.3 is 15.1 Å². The van der Waals surface area contributed by atoms with Gasteiger partial charge in [0.05, 0.1) is 0 Å². The molecule has 2 rings (SSSR count). The van der Waals surface area contributed by atoms with E-state index in [-0.39, 0.29) is 0 Å². The lowest BCUT2D eigenvalue weighted by Crippen LogP contribution is -2.35. The second kappa shape index (κ2) is 5.49. The summed E-state index contributed by atoms with van der Waals surface area (Å²) >= 11 is 0. The van der Waals surface area contributed by atoms with Crippen molar-refractivity contribution in [2.24, 2.45) is 11.7 Å². The standard InChI is InChI=1S/C12H22N4O/c1-9-4-3-5-10(8-9)16(2)12-15-14-11(17-12)6-7-13/h9-10H,3-8,13H2,1-2H3. The molecule has 0 aliphatic heterocycles. The zero-order valence-electron chi connectivity index (χ0n) is 10.7. The molecule has 0 spiro atoms. The molecule has 0 saturated heterocycles. The first-order valence-corrected chi connectivity index (χ1v) is 6.46. The minimum Gasteiger partial charge on any atom is -0.408 e. The monoisotopic (exact) mass is 238 g/mol. The number of rotatable bonds is 4. The molecule has 0 radical (unpaired) electrons. The Morgan fingerprint density at radius 2 is 2.24 bits per heavy atom. The van der Waals surface area contributed by atoms with Gasteiger partial charge in [0.15, 0.2) is 0 Å². The van der Waals surface area contributed by atoms with Crippen LogP contribution in [-0.4, -0.2) is 29.8 Å². The highest BCUT2D eigenvalue weighted by Gasteiger charge is 2.25. The summed E-state index contributed by atoms with van der Waals surface area (Å²) in [5, 5.41) is 8.09. The molecular formula is C12H22N4O. The molecule has 5 heteroatoms. The molecule has 0 bridgehead atoms. The van der Waals surface area contributed by atoms with E-state index in [0.717, 1.165) is 5.92 Å². The summed E-state index contributed by atoms with van der Waals surface area (Å²) in [5.41, 5.74) is 5.47. The molecule has 5 nitrogen and oxygen atoms in total. The fraction of sp³-hybridized carbons (Fsp3) is 0.833. The minimum atomic E-state index is 0.532. The van der Waals surface area contributed by atoms with Gasteiger partial charge in [-0.2, -0.15) is 0 Å². The van der Waals surface area contributed by atoms with E-state index in [1.165, 1.54) is 25.7 Å². The summed E-state index contributed by atoms with van der Waals surface area (Å²) in [7, 11) is 2.04. The van der Waals surface area contributed by atoms with Crippen molar-refractivity contribution in [1.82, 2.24) is 10.2 Å². The quantitative estimate of drug-likeness (QED) is 0.862. The van der Waals surface area contributed by atoms with Crippen LogP contribution in [-0.2, 0) is 6.42 Å². The van der Waals surface area contributed by atoms with Crippen LogP contribution in [0.5, 0.6) is 0 Å². The summed E-state index contributed by atoms with van der Waals surface area (Å²) in [6.45, 7) is 2.86. The van der Waals surface area contributed by atoms with Crippen molar-refractivity contribution in [3.8, 4) is 0 Å². The van der Waals surface area contributed by atoms with Crippen LogP contribution in [0.1, 0.15) is 38.5 Å². The first-order chi connectivity index (χ1) is 8.20. The van der Waals surface area contributed by atoms with E-state index in [1.807, 2.05) is 7.05 Å². The average molecular weight is 238 g/mol. The van der Waals surface area contributed by atoms with Crippen LogP contribution >= 0.6 is 0 Å². The minimum absolute atomic E-state index is 0.532. The Morgan fingerprint density at radius 3 is 2.94 bits per heavy atom. The zero-order valence-corrected chi connectivity index (χ0v) is 10.7. The number of nitrogens with zero attached hydrogens (tertiary/aromatic N) is 3. The smallest absolute Gasteiger partial charge is 0.318 e. The lowest BCUT2D eigenvalue weighted by atomic mass is 9.86. The first-order valence-electron chi connectivity index (χ1n) is 6.46. The van der Waals surface area contributed by atoms with Gasteiger partial charge in [0.2, 0.25) is 5.89 Å². The van der Waals surface area contributed by atoms with Gasteiger partial charge in [-0.3, -0.25) is 0 Å². The molecular weight excluding hydrogens is 216 g/mol. The molecule has 96 valence electrons. The molecule has 1 aliphatic rings. The van der Waals surface area contributed by atoms with E-state index in [1.54, 1.807) is 0 Å². The Labute approximate surface area is 102 Å². The summed E-state index contributed by atoms with van der Waals surface area (Å²) in [5.74, 6) is 1.43. The van der Waals surface area contributed by atoms with Gasteiger partial charge in [-0.25, -0.2) is 0 Å². The zero-order chi connectivity index (χ0) is 12.3. The summed E-state index contributed by atoms with van der Waals surface area (Å²) in [6.07, 6.45) is 5.72. The Hall–Kier alpha value is -1.10. The Balaban J connectivity index is 1.99. The molecule has 2 atom stereocenters. The van der Waals surface area contributed by atoms with Gasteiger partial charge in [0.1, 0.15) is 0 Å². The first kappa shape index (κ1) is 12.4. The van der Waals surface area contributed by atoms with Crippen molar-refractivity contribution in [3.05, 3.63) is 5.89 Å². The Bertz CT molecular complexity index is 352. The number of hydrogen-bond acceptors (Lipinski definition) is 5. The third kappa shape index (κ3) is 2.97. The molecule has 2 unspecified atom stereocenters. The van der Waals surface area contributed by atoms with Crippen molar-refractivity contribution >= 4 is 6.01 Å². The highest BCUT2D eigenvalue weighted by molar-refractivity contribution is 5.24. The number of anilines is 1. The summed E-state index contributed by atoms with van der Waals surface area (Å²) in [6, 6.07) is 1.16. The Morgan fingerprint density at radius 1 is 1.41 bits per heavy atom. The van der Waals surface area contributed by atoms with Crippen LogP contribution in [0.25, 0.3) is 0 Å². The van der Waals surface area contributed by atoms with E-state index in [2.05, 4.69) is 22.0 Å². The van der Waals surface area contributed by atoms with Gasteiger partial charge in [-0.05, 0) is 18.8 Å². The molecule has 17 heavy (non-hydrogen) atoms. The van der Waals surface area contributed by atoms with Crippen molar-refractivity contribution in [3.63, 3.8) is 0 Å². The van der Waals surface area contributed by atoms with Crippen LogP contribution in [0.15, 0.2) is 4.42 Å². The molecule has 1 aromatic rings. The summed E-state index contributed by atoms with van der Waals surface area (Å²) in [4.78, 5) is 2.13. The van der Waals surface area contributed by atoms with Crippen LogP contribution in [0.3, 0.4) is 0 Å². The largest absolute Gasteiger partial charge is 0.408 e. The predicted octanol–water partition coefficient (Wildman–Crippen LogP) is 1.59. The fourth-order valence-electron chi connectivity index (χ4n) is 2.52. The third-order valence-corrected chi connectivity index (χ3v) is 3.57. The predicted molar refractivity (Wildman–Crippen MR) is 66.9 cm³/mol. The fourth-order valence-corrected chi connectivity index (χ4v) is 2.52. The van der Waals surface area contributed by atoms with Gasteiger partial charge >= 0.3 is 6.01 Å². The number of hydrogen-bond donors (Lipinski definition) is 1. The average Bonchev–Trinajstić information content (AvgIpc) is 2.77. The second-order valence-corrected chi connectivity index (χ2v) is 5.05.